The highest BCUT2D eigenvalue weighted by atomic mass is 16.4. The molecule has 5 nitrogen and oxygen atoms in total. The minimum atomic E-state index is -0.833. The van der Waals surface area contributed by atoms with Crippen molar-refractivity contribution in [3.63, 3.8) is 0 Å². The SMILES string of the molecule is CC(=O)O.OC1CCNC/C1=C\c1ccco1. The quantitative estimate of drug-likeness (QED) is 0.683. The zero-order valence-electron chi connectivity index (χ0n) is 9.72. The third-order valence-corrected chi connectivity index (χ3v) is 2.22. The molecule has 94 valence electrons. The molecular weight excluding hydrogens is 222 g/mol. The van der Waals surface area contributed by atoms with E-state index in [2.05, 4.69) is 5.32 Å². The molecular formula is C12H17NO4. The molecule has 0 saturated carbocycles. The van der Waals surface area contributed by atoms with Gasteiger partial charge in [0.2, 0.25) is 0 Å². The van der Waals surface area contributed by atoms with Crippen molar-refractivity contribution in [3.05, 3.63) is 29.7 Å². The van der Waals surface area contributed by atoms with Crippen LogP contribution in [0.2, 0.25) is 0 Å². The largest absolute Gasteiger partial charge is 0.481 e. The molecule has 0 radical (unpaired) electrons. The Kier molecular flexibility index (Phi) is 5.45. The van der Waals surface area contributed by atoms with Crippen molar-refractivity contribution in [2.24, 2.45) is 0 Å². The molecule has 0 aliphatic carbocycles. The maximum atomic E-state index is 9.62. The standard InChI is InChI=1S/C10H13NO2.C2H4O2/c12-10-3-4-11-7-8(10)6-9-2-1-5-13-9;1-2(3)4/h1-2,5-6,10-12H,3-4,7H2;1H3,(H,3,4)/b8-6+;. The molecule has 2 rings (SSSR count). The molecule has 0 amide bonds. The zero-order valence-corrected chi connectivity index (χ0v) is 9.72. The van der Waals surface area contributed by atoms with Gasteiger partial charge in [0.1, 0.15) is 5.76 Å². The summed E-state index contributed by atoms with van der Waals surface area (Å²) in [5.74, 6) is -0.0299. The average Bonchev–Trinajstić information content (AvgIpc) is 2.73. The Morgan fingerprint density at radius 2 is 2.35 bits per heavy atom. The predicted molar refractivity (Wildman–Crippen MR) is 63.5 cm³/mol. The lowest BCUT2D eigenvalue weighted by Gasteiger charge is -2.21. The first-order valence-electron chi connectivity index (χ1n) is 5.42. The Morgan fingerprint density at radius 1 is 1.65 bits per heavy atom. The van der Waals surface area contributed by atoms with Crippen LogP contribution in [0.25, 0.3) is 6.08 Å². The van der Waals surface area contributed by atoms with Crippen LogP contribution in [-0.4, -0.2) is 35.4 Å². The average molecular weight is 239 g/mol. The summed E-state index contributed by atoms with van der Waals surface area (Å²) in [6.07, 6.45) is 4.00. The Bertz CT molecular complexity index is 366. The molecule has 5 heteroatoms. The number of hydrogen-bond acceptors (Lipinski definition) is 4. The number of piperidine rings is 1. The fourth-order valence-corrected chi connectivity index (χ4v) is 1.48. The van der Waals surface area contributed by atoms with E-state index in [1.54, 1.807) is 6.26 Å². The molecule has 1 fully saturated rings. The Labute approximate surface area is 99.8 Å². The second kappa shape index (κ2) is 6.88. The van der Waals surface area contributed by atoms with Crippen LogP contribution in [0.5, 0.6) is 0 Å². The van der Waals surface area contributed by atoms with E-state index < -0.39 is 5.97 Å². The van der Waals surface area contributed by atoms with E-state index in [1.807, 2.05) is 18.2 Å². The molecule has 1 aliphatic rings. The molecule has 3 N–H and O–H groups in total. The lowest BCUT2D eigenvalue weighted by molar-refractivity contribution is -0.134. The number of carboxylic acid groups (broad SMARTS) is 1. The highest BCUT2D eigenvalue weighted by Gasteiger charge is 2.15. The summed E-state index contributed by atoms with van der Waals surface area (Å²) in [7, 11) is 0. The van der Waals surface area contributed by atoms with Gasteiger partial charge in [0.25, 0.3) is 5.97 Å². The lowest BCUT2D eigenvalue weighted by atomic mass is 10.0. The molecule has 1 aromatic heterocycles. The van der Waals surface area contributed by atoms with Gasteiger partial charge in [-0.1, -0.05) is 0 Å². The Hall–Kier alpha value is -1.59. The smallest absolute Gasteiger partial charge is 0.300 e. The van der Waals surface area contributed by atoms with Crippen molar-refractivity contribution in [2.45, 2.75) is 19.4 Å². The van der Waals surface area contributed by atoms with Crippen LogP contribution >= 0.6 is 0 Å². The number of carbonyl (C=O) groups is 1. The minimum absolute atomic E-state index is 0.314. The van der Waals surface area contributed by atoms with Crippen molar-refractivity contribution in [1.29, 1.82) is 0 Å². The first-order valence-corrected chi connectivity index (χ1v) is 5.42. The normalized spacial score (nSPS) is 21.8. The van der Waals surface area contributed by atoms with Crippen molar-refractivity contribution < 1.29 is 19.4 Å². The molecule has 0 aromatic carbocycles. The predicted octanol–water partition coefficient (Wildman–Crippen LogP) is 1.11. The van der Waals surface area contributed by atoms with E-state index in [0.29, 0.717) is 0 Å². The molecule has 1 saturated heterocycles. The summed E-state index contributed by atoms with van der Waals surface area (Å²) < 4.78 is 5.17. The van der Waals surface area contributed by atoms with Gasteiger partial charge in [0.05, 0.1) is 12.4 Å². The highest BCUT2D eigenvalue weighted by molar-refractivity contribution is 5.62. The first-order chi connectivity index (χ1) is 8.09. The van der Waals surface area contributed by atoms with Gasteiger partial charge < -0.3 is 19.9 Å². The van der Waals surface area contributed by atoms with Crippen LogP contribution in [0.3, 0.4) is 0 Å². The van der Waals surface area contributed by atoms with E-state index >= 15 is 0 Å². The van der Waals surface area contributed by atoms with Crippen LogP contribution in [0.1, 0.15) is 19.1 Å². The van der Waals surface area contributed by atoms with Crippen LogP contribution < -0.4 is 5.32 Å². The van der Waals surface area contributed by atoms with Gasteiger partial charge in [-0.05, 0) is 36.7 Å². The van der Waals surface area contributed by atoms with Crippen LogP contribution in [0.15, 0.2) is 28.4 Å². The summed E-state index contributed by atoms with van der Waals surface area (Å²) >= 11 is 0. The minimum Gasteiger partial charge on any atom is -0.481 e. The van der Waals surface area contributed by atoms with Gasteiger partial charge >= 0.3 is 0 Å². The van der Waals surface area contributed by atoms with Crippen LogP contribution in [-0.2, 0) is 4.79 Å². The van der Waals surface area contributed by atoms with Gasteiger partial charge in [-0.2, -0.15) is 0 Å². The molecule has 2 heterocycles. The van der Waals surface area contributed by atoms with Gasteiger partial charge in [0, 0.05) is 13.5 Å². The fraction of sp³-hybridized carbons (Fsp3) is 0.417. The molecule has 1 unspecified atom stereocenters. The number of hydrogen-bond donors (Lipinski definition) is 3. The molecule has 0 bridgehead atoms. The molecule has 17 heavy (non-hydrogen) atoms. The monoisotopic (exact) mass is 239 g/mol. The third-order valence-electron chi connectivity index (χ3n) is 2.22. The summed E-state index contributed by atoms with van der Waals surface area (Å²) in [5.41, 5.74) is 1.00. The summed E-state index contributed by atoms with van der Waals surface area (Å²) in [4.78, 5) is 9.00. The van der Waals surface area contributed by atoms with Gasteiger partial charge in [-0.15, -0.1) is 0 Å². The Morgan fingerprint density at radius 3 is 2.88 bits per heavy atom. The number of aliphatic hydroxyl groups is 1. The highest BCUT2D eigenvalue weighted by Crippen LogP contribution is 2.14. The third kappa shape index (κ3) is 5.33. The maximum absolute atomic E-state index is 9.62. The first kappa shape index (κ1) is 13.5. The van der Waals surface area contributed by atoms with E-state index in [4.69, 9.17) is 14.3 Å². The van der Waals surface area contributed by atoms with Crippen molar-refractivity contribution >= 4 is 12.0 Å². The Balaban J connectivity index is 0.000000317. The maximum Gasteiger partial charge on any atom is 0.300 e. The van der Waals surface area contributed by atoms with E-state index in [9.17, 15) is 5.11 Å². The number of rotatable bonds is 1. The van der Waals surface area contributed by atoms with E-state index in [1.165, 1.54) is 0 Å². The lowest BCUT2D eigenvalue weighted by Crippen LogP contribution is -2.33. The zero-order chi connectivity index (χ0) is 12.7. The van der Waals surface area contributed by atoms with E-state index in [-0.39, 0.29) is 6.10 Å². The van der Waals surface area contributed by atoms with Crippen molar-refractivity contribution in [3.8, 4) is 0 Å². The molecule has 1 atom stereocenters. The van der Waals surface area contributed by atoms with E-state index in [0.717, 1.165) is 37.8 Å². The number of nitrogens with one attached hydrogen (secondary N) is 1. The number of furan rings is 1. The molecule has 1 aromatic rings. The number of carboxylic acids is 1. The fourth-order valence-electron chi connectivity index (χ4n) is 1.48. The summed E-state index contributed by atoms with van der Waals surface area (Å²) in [5, 5.41) is 20.2. The second-order valence-electron chi connectivity index (χ2n) is 3.73. The number of aliphatic carboxylic acids is 1. The van der Waals surface area contributed by atoms with Crippen molar-refractivity contribution in [2.75, 3.05) is 13.1 Å². The van der Waals surface area contributed by atoms with Crippen LogP contribution in [0.4, 0.5) is 0 Å². The van der Waals surface area contributed by atoms with Gasteiger partial charge in [0.15, 0.2) is 0 Å². The molecule has 0 spiro atoms. The van der Waals surface area contributed by atoms with Crippen molar-refractivity contribution in [1.82, 2.24) is 5.32 Å². The second-order valence-corrected chi connectivity index (χ2v) is 3.73. The van der Waals surface area contributed by atoms with Gasteiger partial charge in [-0.3, -0.25) is 4.79 Å². The van der Waals surface area contributed by atoms with Crippen LogP contribution in [0, 0.1) is 0 Å². The summed E-state index contributed by atoms with van der Waals surface area (Å²) in [6, 6.07) is 3.73. The topological polar surface area (TPSA) is 82.7 Å². The molecule has 1 aliphatic heterocycles. The summed E-state index contributed by atoms with van der Waals surface area (Å²) in [6.45, 7) is 2.72. The number of aliphatic hydroxyl groups excluding tert-OH is 1. The van der Waals surface area contributed by atoms with Gasteiger partial charge in [-0.25, -0.2) is 0 Å².